The molecule has 3 rings (SSSR count). The summed E-state index contributed by atoms with van der Waals surface area (Å²) in [5, 5.41) is 9.69. The zero-order valence-electron chi connectivity index (χ0n) is 13.6. The average Bonchev–Trinajstić information content (AvgIpc) is 3.02. The van der Waals surface area contributed by atoms with Crippen molar-refractivity contribution in [2.45, 2.75) is 6.92 Å². The van der Waals surface area contributed by atoms with E-state index in [4.69, 9.17) is 9.15 Å². The van der Waals surface area contributed by atoms with Crippen LogP contribution in [0.15, 0.2) is 68.5 Å². The van der Waals surface area contributed by atoms with E-state index in [0.717, 1.165) is 21.2 Å². The molecule has 2 aromatic carbocycles. The number of furan rings is 1. The van der Waals surface area contributed by atoms with Crippen molar-refractivity contribution < 1.29 is 9.15 Å². The van der Waals surface area contributed by atoms with Gasteiger partial charge in [0.15, 0.2) is 6.40 Å². The van der Waals surface area contributed by atoms with Crippen molar-refractivity contribution in [3.05, 3.63) is 64.6 Å². The molecule has 3 aromatic rings. The smallest absolute Gasteiger partial charge is 0.240 e. The number of rotatable bonds is 5. The van der Waals surface area contributed by atoms with E-state index in [1.165, 1.54) is 6.40 Å². The third-order valence-corrected chi connectivity index (χ3v) is 4.11. The van der Waals surface area contributed by atoms with Crippen LogP contribution in [0.1, 0.15) is 12.5 Å². The largest absolute Gasteiger partial charge is 0.483 e. The molecule has 0 atom stereocenters. The molecule has 0 amide bonds. The van der Waals surface area contributed by atoms with Gasteiger partial charge in [0, 0.05) is 15.6 Å². The minimum atomic E-state index is 0.243. The summed E-state index contributed by atoms with van der Waals surface area (Å²) in [4.78, 5) is 4.17. The van der Waals surface area contributed by atoms with E-state index in [0.29, 0.717) is 17.9 Å². The summed E-state index contributed by atoms with van der Waals surface area (Å²) in [7, 11) is 0. The van der Waals surface area contributed by atoms with Gasteiger partial charge in [-0.1, -0.05) is 58.4 Å². The first-order chi connectivity index (χ1) is 12.2. The molecule has 5 heteroatoms. The molecular weight excluding hydrogens is 380 g/mol. The van der Waals surface area contributed by atoms with Crippen LogP contribution < -0.4 is 0 Å². The number of hydrogen-bond acceptors (Lipinski definition) is 4. The molecule has 1 aromatic heterocycles. The van der Waals surface area contributed by atoms with Gasteiger partial charge in [-0.25, -0.2) is 0 Å². The first kappa shape index (κ1) is 17.0. The number of benzene rings is 2. The highest BCUT2D eigenvalue weighted by atomic mass is 79.9. The maximum absolute atomic E-state index is 9.69. The summed E-state index contributed by atoms with van der Waals surface area (Å²) in [5.41, 5.74) is 2.89. The Balaban J connectivity index is 2.22. The monoisotopic (exact) mass is 394 g/mol. The zero-order chi connectivity index (χ0) is 17.6. The minimum absolute atomic E-state index is 0.243. The fourth-order valence-corrected chi connectivity index (χ4v) is 2.72. The summed E-state index contributed by atoms with van der Waals surface area (Å²) >= 11 is 3.43. The number of halogens is 1. The summed E-state index contributed by atoms with van der Waals surface area (Å²) in [6.45, 7) is 2.36. The molecule has 0 saturated heterocycles. The lowest BCUT2D eigenvalue weighted by Crippen LogP contribution is -1.85. The fraction of sp³-hybridized carbons (Fsp3) is 0.100. The summed E-state index contributed by atoms with van der Waals surface area (Å²) in [6.07, 6.45) is 1.31. The van der Waals surface area contributed by atoms with Gasteiger partial charge in [-0.15, -0.1) is 0 Å². The molecular formula is C20H15BrN2O2. The van der Waals surface area contributed by atoms with Gasteiger partial charge >= 0.3 is 0 Å². The van der Waals surface area contributed by atoms with Crippen LogP contribution in [-0.4, -0.2) is 13.0 Å². The maximum atomic E-state index is 9.69. The van der Waals surface area contributed by atoms with Crippen molar-refractivity contribution >= 4 is 28.2 Å². The van der Waals surface area contributed by atoms with E-state index in [9.17, 15) is 5.26 Å². The van der Waals surface area contributed by atoms with Crippen molar-refractivity contribution in [3.8, 4) is 28.5 Å². The molecule has 124 valence electrons. The second-order valence-electron chi connectivity index (χ2n) is 5.16. The molecule has 0 saturated carbocycles. The second kappa shape index (κ2) is 7.82. The van der Waals surface area contributed by atoms with Crippen LogP contribution in [-0.2, 0) is 4.74 Å². The van der Waals surface area contributed by atoms with E-state index < -0.39 is 0 Å². The van der Waals surface area contributed by atoms with Gasteiger partial charge in [-0.05, 0) is 24.6 Å². The maximum Gasteiger partial charge on any atom is 0.240 e. The molecule has 4 nitrogen and oxygen atoms in total. The van der Waals surface area contributed by atoms with Gasteiger partial charge in [0.05, 0.1) is 6.61 Å². The Bertz CT molecular complexity index is 923. The zero-order valence-corrected chi connectivity index (χ0v) is 15.2. The summed E-state index contributed by atoms with van der Waals surface area (Å²) in [6, 6.07) is 19.6. The van der Waals surface area contributed by atoms with E-state index in [2.05, 4.69) is 27.0 Å². The molecule has 0 unspecified atom stereocenters. The molecule has 25 heavy (non-hydrogen) atoms. The van der Waals surface area contributed by atoms with Gasteiger partial charge in [0.1, 0.15) is 17.4 Å². The number of hydrogen-bond donors (Lipinski definition) is 0. The van der Waals surface area contributed by atoms with Crippen molar-refractivity contribution in [3.63, 3.8) is 0 Å². The lowest BCUT2D eigenvalue weighted by Gasteiger charge is -2.03. The van der Waals surface area contributed by atoms with Crippen molar-refractivity contribution in [1.82, 2.24) is 0 Å². The van der Waals surface area contributed by atoms with E-state index in [-0.39, 0.29) is 5.88 Å². The normalized spacial score (nSPS) is 10.8. The molecule has 0 N–H and O–H groups in total. The molecule has 0 aliphatic rings. The molecule has 0 spiro atoms. The summed E-state index contributed by atoms with van der Waals surface area (Å²) in [5.74, 6) is 0.853. The van der Waals surface area contributed by atoms with Crippen LogP contribution in [0.3, 0.4) is 0 Å². The van der Waals surface area contributed by atoms with Crippen LogP contribution in [0.4, 0.5) is 5.88 Å². The van der Waals surface area contributed by atoms with E-state index >= 15 is 0 Å². The molecule has 1 heterocycles. The van der Waals surface area contributed by atoms with Crippen LogP contribution in [0.25, 0.3) is 22.5 Å². The second-order valence-corrected chi connectivity index (χ2v) is 6.08. The van der Waals surface area contributed by atoms with Crippen LogP contribution >= 0.6 is 15.9 Å². The number of aliphatic imine (C=N–C) groups is 1. The van der Waals surface area contributed by atoms with Crippen LogP contribution in [0.2, 0.25) is 0 Å². The highest BCUT2D eigenvalue weighted by molar-refractivity contribution is 9.10. The molecule has 0 fully saturated rings. The lowest BCUT2D eigenvalue weighted by molar-refractivity contribution is 0.343. The Morgan fingerprint density at radius 1 is 1.12 bits per heavy atom. The quantitative estimate of drug-likeness (QED) is 0.397. The van der Waals surface area contributed by atoms with Crippen LogP contribution in [0.5, 0.6) is 0 Å². The third kappa shape index (κ3) is 3.65. The van der Waals surface area contributed by atoms with Gasteiger partial charge in [0.25, 0.3) is 0 Å². The Labute approximate surface area is 154 Å². The van der Waals surface area contributed by atoms with Crippen molar-refractivity contribution in [2.24, 2.45) is 4.99 Å². The Morgan fingerprint density at radius 2 is 1.84 bits per heavy atom. The van der Waals surface area contributed by atoms with Crippen molar-refractivity contribution in [1.29, 1.82) is 5.26 Å². The molecule has 0 aliphatic heterocycles. The number of nitrogens with zero attached hydrogens (tertiary/aromatic N) is 2. The first-order valence-corrected chi connectivity index (χ1v) is 8.56. The Kier molecular flexibility index (Phi) is 5.32. The third-order valence-electron chi connectivity index (χ3n) is 3.58. The Morgan fingerprint density at radius 3 is 2.48 bits per heavy atom. The predicted octanol–water partition coefficient (Wildman–Crippen LogP) is 5.94. The number of ether oxygens (including phenoxy) is 1. The first-order valence-electron chi connectivity index (χ1n) is 7.77. The predicted molar refractivity (Wildman–Crippen MR) is 102 cm³/mol. The standard InChI is InChI=1S/C20H15BrN2O2/c1-2-24-13-23-20-17(12-22)18(14-6-4-3-5-7-14)19(25-20)15-8-10-16(21)11-9-15/h3-11,13H,2H2,1H3. The average molecular weight is 395 g/mol. The fourth-order valence-electron chi connectivity index (χ4n) is 2.46. The topological polar surface area (TPSA) is 58.5 Å². The molecule has 0 aliphatic carbocycles. The summed E-state index contributed by atoms with van der Waals surface area (Å²) < 4.78 is 12.1. The lowest BCUT2D eigenvalue weighted by atomic mass is 9.98. The van der Waals surface area contributed by atoms with Gasteiger partial charge < -0.3 is 9.15 Å². The SMILES string of the molecule is CCOC=Nc1oc(-c2ccc(Br)cc2)c(-c2ccccc2)c1C#N. The van der Waals surface area contributed by atoms with E-state index in [1.54, 1.807) is 0 Å². The highest BCUT2D eigenvalue weighted by Crippen LogP contribution is 2.42. The highest BCUT2D eigenvalue weighted by Gasteiger charge is 2.22. The number of nitriles is 1. The Hall–Kier alpha value is -2.84. The van der Waals surface area contributed by atoms with Crippen molar-refractivity contribution in [2.75, 3.05) is 6.61 Å². The minimum Gasteiger partial charge on any atom is -0.483 e. The van der Waals surface area contributed by atoms with Gasteiger partial charge in [0.2, 0.25) is 5.88 Å². The molecule has 0 radical (unpaired) electrons. The van der Waals surface area contributed by atoms with Gasteiger partial charge in [-0.3, -0.25) is 0 Å². The van der Waals surface area contributed by atoms with Gasteiger partial charge in [-0.2, -0.15) is 10.3 Å². The van der Waals surface area contributed by atoms with E-state index in [1.807, 2.05) is 61.5 Å². The van der Waals surface area contributed by atoms with Crippen LogP contribution in [0, 0.1) is 11.3 Å². The molecule has 0 bridgehead atoms.